The summed E-state index contributed by atoms with van der Waals surface area (Å²) in [6, 6.07) is 5.36. The molecule has 0 radical (unpaired) electrons. The lowest BCUT2D eigenvalue weighted by Gasteiger charge is -2.18. The fourth-order valence-corrected chi connectivity index (χ4v) is 1.28. The zero-order valence-electron chi connectivity index (χ0n) is 7.42. The molecule has 68 valence electrons. The van der Waals surface area contributed by atoms with Crippen molar-refractivity contribution in [3.8, 4) is 12.3 Å². The van der Waals surface area contributed by atoms with E-state index < -0.39 is 0 Å². The van der Waals surface area contributed by atoms with Crippen LogP contribution in [0.4, 0.5) is 11.4 Å². The van der Waals surface area contributed by atoms with Crippen LogP contribution in [-0.4, -0.2) is 13.6 Å². The number of nitrogens with zero attached hydrogens (tertiary/aromatic N) is 1. The van der Waals surface area contributed by atoms with Crippen molar-refractivity contribution < 1.29 is 0 Å². The fraction of sp³-hybridized carbons (Fsp3) is 0.200. The number of rotatable bonds is 2. The third-order valence-corrected chi connectivity index (χ3v) is 1.96. The van der Waals surface area contributed by atoms with Crippen LogP contribution in [0.1, 0.15) is 0 Å². The summed E-state index contributed by atoms with van der Waals surface area (Å²) in [5, 5.41) is 0.635. The predicted octanol–water partition coefficient (Wildman–Crippen LogP) is 1.99. The minimum Gasteiger partial charge on any atom is -0.397 e. The summed E-state index contributed by atoms with van der Waals surface area (Å²) < 4.78 is 0. The number of halogens is 1. The quantitative estimate of drug-likeness (QED) is 0.577. The Balaban J connectivity index is 2.96. The van der Waals surface area contributed by atoms with Crippen LogP contribution in [0, 0.1) is 12.3 Å². The number of nitrogen functional groups attached to an aromatic ring is 1. The van der Waals surface area contributed by atoms with Crippen molar-refractivity contribution in [3.05, 3.63) is 23.2 Å². The van der Waals surface area contributed by atoms with Gasteiger partial charge in [0.2, 0.25) is 0 Å². The van der Waals surface area contributed by atoms with Crippen LogP contribution in [0.5, 0.6) is 0 Å². The standard InChI is InChI=1S/C10H11ClN2/c1-3-6-13(2)10-5-4-8(11)7-9(10)12/h1,4-5,7H,6,12H2,2H3. The first kappa shape index (κ1) is 9.76. The maximum atomic E-state index is 5.76. The van der Waals surface area contributed by atoms with Gasteiger partial charge in [0, 0.05) is 12.1 Å². The van der Waals surface area contributed by atoms with Crippen LogP contribution in [-0.2, 0) is 0 Å². The summed E-state index contributed by atoms with van der Waals surface area (Å²) >= 11 is 5.76. The highest BCUT2D eigenvalue weighted by molar-refractivity contribution is 6.31. The number of benzene rings is 1. The molecule has 0 saturated heterocycles. The van der Waals surface area contributed by atoms with Crippen molar-refractivity contribution in [1.29, 1.82) is 0 Å². The molecular weight excluding hydrogens is 184 g/mol. The van der Waals surface area contributed by atoms with Crippen molar-refractivity contribution >= 4 is 23.0 Å². The molecular formula is C10H11ClN2. The lowest BCUT2D eigenvalue weighted by molar-refractivity contribution is 1.05. The monoisotopic (exact) mass is 194 g/mol. The Labute approximate surface area is 83.3 Å². The van der Waals surface area contributed by atoms with E-state index in [9.17, 15) is 0 Å². The van der Waals surface area contributed by atoms with E-state index in [0.29, 0.717) is 17.3 Å². The SMILES string of the molecule is C#CCN(C)c1ccc(Cl)cc1N. The summed E-state index contributed by atoms with van der Waals surface area (Å²) in [5.74, 6) is 2.55. The minimum atomic E-state index is 0.534. The molecule has 2 N–H and O–H groups in total. The second kappa shape index (κ2) is 4.06. The Kier molecular flexibility index (Phi) is 3.05. The van der Waals surface area contributed by atoms with Gasteiger partial charge in [-0.3, -0.25) is 0 Å². The Hall–Kier alpha value is -1.33. The van der Waals surface area contributed by atoms with Gasteiger partial charge in [0.25, 0.3) is 0 Å². The van der Waals surface area contributed by atoms with E-state index in [1.54, 1.807) is 12.1 Å². The van der Waals surface area contributed by atoms with Crippen LogP contribution in [0.2, 0.25) is 5.02 Å². The molecule has 1 aromatic carbocycles. The van der Waals surface area contributed by atoms with Crippen molar-refractivity contribution in [3.63, 3.8) is 0 Å². The third-order valence-electron chi connectivity index (χ3n) is 1.73. The maximum absolute atomic E-state index is 5.76. The van der Waals surface area contributed by atoms with Gasteiger partial charge in [0.1, 0.15) is 0 Å². The molecule has 0 unspecified atom stereocenters. The summed E-state index contributed by atoms with van der Waals surface area (Å²) in [7, 11) is 1.89. The van der Waals surface area contributed by atoms with E-state index in [4.69, 9.17) is 23.8 Å². The van der Waals surface area contributed by atoms with Crippen LogP contribution in [0.3, 0.4) is 0 Å². The molecule has 0 heterocycles. The Morgan fingerprint density at radius 1 is 1.62 bits per heavy atom. The van der Waals surface area contributed by atoms with Gasteiger partial charge in [0.15, 0.2) is 0 Å². The molecule has 0 atom stereocenters. The molecule has 0 aliphatic heterocycles. The molecule has 1 rings (SSSR count). The van der Waals surface area contributed by atoms with E-state index in [1.165, 1.54) is 0 Å². The van der Waals surface area contributed by atoms with Crippen LogP contribution < -0.4 is 10.6 Å². The van der Waals surface area contributed by atoms with Gasteiger partial charge < -0.3 is 10.6 Å². The van der Waals surface area contributed by atoms with Crippen molar-refractivity contribution in [2.75, 3.05) is 24.2 Å². The molecule has 0 aliphatic carbocycles. The zero-order chi connectivity index (χ0) is 9.84. The van der Waals surface area contributed by atoms with E-state index in [-0.39, 0.29) is 0 Å². The highest BCUT2D eigenvalue weighted by atomic mass is 35.5. The van der Waals surface area contributed by atoms with Gasteiger partial charge in [-0.05, 0) is 18.2 Å². The van der Waals surface area contributed by atoms with E-state index >= 15 is 0 Å². The highest BCUT2D eigenvalue weighted by Crippen LogP contribution is 2.25. The van der Waals surface area contributed by atoms with Gasteiger partial charge in [-0.15, -0.1) is 6.42 Å². The number of anilines is 2. The number of hydrogen-bond acceptors (Lipinski definition) is 2. The highest BCUT2D eigenvalue weighted by Gasteiger charge is 2.03. The van der Waals surface area contributed by atoms with Gasteiger partial charge in [-0.2, -0.15) is 0 Å². The van der Waals surface area contributed by atoms with Gasteiger partial charge in [-0.25, -0.2) is 0 Å². The second-order valence-corrected chi connectivity index (χ2v) is 3.20. The molecule has 0 aromatic heterocycles. The van der Waals surface area contributed by atoms with Crippen LogP contribution in [0.25, 0.3) is 0 Å². The fourth-order valence-electron chi connectivity index (χ4n) is 1.10. The lowest BCUT2D eigenvalue weighted by Crippen LogP contribution is -2.18. The van der Waals surface area contributed by atoms with Gasteiger partial charge in [0.05, 0.1) is 17.9 Å². The largest absolute Gasteiger partial charge is 0.397 e. The molecule has 0 bridgehead atoms. The lowest BCUT2D eigenvalue weighted by atomic mass is 10.2. The average Bonchev–Trinajstić information content (AvgIpc) is 2.04. The van der Waals surface area contributed by atoms with E-state index in [1.807, 2.05) is 18.0 Å². The number of hydrogen-bond donors (Lipinski definition) is 1. The molecule has 3 heteroatoms. The number of terminal acetylenes is 1. The van der Waals surface area contributed by atoms with Crippen molar-refractivity contribution in [2.24, 2.45) is 0 Å². The summed E-state index contributed by atoms with van der Waals surface area (Å²) in [4.78, 5) is 1.89. The minimum absolute atomic E-state index is 0.534. The number of nitrogens with two attached hydrogens (primary N) is 1. The van der Waals surface area contributed by atoms with Crippen LogP contribution >= 0.6 is 11.6 Å². The first-order chi connectivity index (χ1) is 6.15. The Morgan fingerprint density at radius 3 is 2.85 bits per heavy atom. The first-order valence-electron chi connectivity index (χ1n) is 3.84. The molecule has 0 aliphatic rings. The molecule has 0 fully saturated rings. The van der Waals surface area contributed by atoms with E-state index in [2.05, 4.69) is 5.92 Å². The average molecular weight is 195 g/mol. The summed E-state index contributed by atoms with van der Waals surface area (Å²) in [6.07, 6.45) is 5.19. The molecule has 0 amide bonds. The van der Waals surface area contributed by atoms with Crippen LogP contribution in [0.15, 0.2) is 18.2 Å². The van der Waals surface area contributed by atoms with Gasteiger partial charge >= 0.3 is 0 Å². The summed E-state index contributed by atoms with van der Waals surface area (Å²) in [6.45, 7) is 0.534. The predicted molar refractivity (Wildman–Crippen MR) is 58.0 cm³/mol. The van der Waals surface area contributed by atoms with E-state index in [0.717, 1.165) is 5.69 Å². The van der Waals surface area contributed by atoms with Gasteiger partial charge in [-0.1, -0.05) is 17.5 Å². The Bertz CT molecular complexity index is 341. The Morgan fingerprint density at radius 2 is 2.31 bits per heavy atom. The first-order valence-corrected chi connectivity index (χ1v) is 4.22. The third kappa shape index (κ3) is 2.30. The zero-order valence-corrected chi connectivity index (χ0v) is 8.17. The van der Waals surface area contributed by atoms with Crippen molar-refractivity contribution in [1.82, 2.24) is 0 Å². The molecule has 0 saturated carbocycles. The molecule has 1 aromatic rings. The smallest absolute Gasteiger partial charge is 0.0789 e. The summed E-state index contributed by atoms with van der Waals surface area (Å²) in [5.41, 5.74) is 7.31. The molecule has 13 heavy (non-hydrogen) atoms. The topological polar surface area (TPSA) is 29.3 Å². The molecule has 0 spiro atoms. The van der Waals surface area contributed by atoms with Crippen molar-refractivity contribution in [2.45, 2.75) is 0 Å². The maximum Gasteiger partial charge on any atom is 0.0789 e. The molecule has 2 nitrogen and oxygen atoms in total. The second-order valence-electron chi connectivity index (χ2n) is 2.76. The normalized spacial score (nSPS) is 9.31.